The van der Waals surface area contributed by atoms with Gasteiger partial charge in [-0.25, -0.2) is 0 Å². The molecule has 2 rings (SSSR count). The van der Waals surface area contributed by atoms with Gasteiger partial charge in [0.2, 0.25) is 0 Å². The average molecular weight is 324 g/mol. The van der Waals surface area contributed by atoms with Crippen molar-refractivity contribution in [2.45, 2.75) is 53.0 Å². The predicted molar refractivity (Wildman–Crippen MR) is 86.5 cm³/mol. The molecule has 106 valence electrons. The maximum absolute atomic E-state index is 3.64. The molecule has 0 amide bonds. The van der Waals surface area contributed by atoms with Gasteiger partial charge < -0.3 is 5.32 Å². The van der Waals surface area contributed by atoms with E-state index >= 15 is 0 Å². The van der Waals surface area contributed by atoms with E-state index in [1.165, 1.54) is 40.4 Å². The lowest BCUT2D eigenvalue weighted by Crippen LogP contribution is -2.32. The van der Waals surface area contributed by atoms with Crippen LogP contribution in [0.25, 0.3) is 0 Å². The van der Waals surface area contributed by atoms with Gasteiger partial charge in [-0.05, 0) is 67.8 Å². The van der Waals surface area contributed by atoms with Gasteiger partial charge in [0, 0.05) is 10.5 Å². The molecule has 0 aromatic heterocycles. The smallest absolute Gasteiger partial charge is 0.0354 e. The van der Waals surface area contributed by atoms with E-state index in [0.29, 0.717) is 11.5 Å². The maximum atomic E-state index is 3.64. The topological polar surface area (TPSA) is 12.0 Å². The molecule has 0 aliphatic heterocycles. The van der Waals surface area contributed by atoms with E-state index in [9.17, 15) is 0 Å². The van der Waals surface area contributed by atoms with Crippen molar-refractivity contribution in [2.24, 2.45) is 11.3 Å². The van der Waals surface area contributed by atoms with E-state index in [1.54, 1.807) is 0 Å². The Bertz CT molecular complexity index is 465. The maximum Gasteiger partial charge on any atom is 0.0354 e. The summed E-state index contributed by atoms with van der Waals surface area (Å²) in [5, 5.41) is 3.59. The summed E-state index contributed by atoms with van der Waals surface area (Å²) < 4.78 is 1.22. The molecule has 1 aromatic rings. The molecule has 0 saturated heterocycles. The second kappa shape index (κ2) is 5.57. The van der Waals surface area contributed by atoms with Crippen LogP contribution in [0.15, 0.2) is 16.6 Å². The van der Waals surface area contributed by atoms with Gasteiger partial charge in [-0.15, -0.1) is 0 Å². The number of nitrogens with one attached hydrogen (secondary N) is 1. The molecule has 1 aliphatic rings. The van der Waals surface area contributed by atoms with Gasteiger partial charge in [-0.3, -0.25) is 0 Å². The van der Waals surface area contributed by atoms with Crippen LogP contribution in [-0.2, 0) is 0 Å². The van der Waals surface area contributed by atoms with Crippen molar-refractivity contribution < 1.29 is 0 Å². The van der Waals surface area contributed by atoms with Gasteiger partial charge >= 0.3 is 0 Å². The zero-order valence-electron chi connectivity index (χ0n) is 12.8. The van der Waals surface area contributed by atoms with E-state index < -0.39 is 0 Å². The number of halogens is 1. The third-order valence-corrected chi connectivity index (χ3v) is 5.79. The van der Waals surface area contributed by atoms with Crippen LogP contribution in [0, 0.1) is 25.2 Å². The summed E-state index contributed by atoms with van der Waals surface area (Å²) in [5.41, 5.74) is 4.64. The zero-order chi connectivity index (χ0) is 14.2. The first-order chi connectivity index (χ1) is 8.86. The van der Waals surface area contributed by atoms with Crippen LogP contribution in [0.4, 0.5) is 0 Å². The molecule has 1 aromatic carbocycles. The third kappa shape index (κ3) is 2.90. The zero-order valence-corrected chi connectivity index (χ0v) is 14.4. The number of hydrogen-bond acceptors (Lipinski definition) is 1. The first-order valence-corrected chi connectivity index (χ1v) is 8.10. The van der Waals surface area contributed by atoms with Crippen LogP contribution in [0.2, 0.25) is 0 Å². The normalized spacial score (nSPS) is 23.6. The van der Waals surface area contributed by atoms with E-state index in [4.69, 9.17) is 0 Å². The van der Waals surface area contributed by atoms with E-state index in [1.807, 2.05) is 0 Å². The summed E-state index contributed by atoms with van der Waals surface area (Å²) in [6.07, 6.45) is 4.06. The highest BCUT2D eigenvalue weighted by atomic mass is 79.9. The van der Waals surface area contributed by atoms with Crippen LogP contribution >= 0.6 is 15.9 Å². The molecule has 1 nitrogen and oxygen atoms in total. The standard InChI is InChI=1S/C17H26BrN/c1-11-10-15(18)12(2)9-13(11)16(19-5)14-7-6-8-17(14,3)4/h9-10,14,16,19H,6-8H2,1-5H3. The quantitative estimate of drug-likeness (QED) is 0.810. The van der Waals surface area contributed by atoms with Crippen LogP contribution in [0.1, 0.15) is 55.8 Å². The molecule has 2 heteroatoms. The molecule has 2 atom stereocenters. The fourth-order valence-corrected chi connectivity index (χ4v) is 4.14. The lowest BCUT2D eigenvalue weighted by atomic mass is 9.74. The minimum Gasteiger partial charge on any atom is -0.313 e. The minimum absolute atomic E-state index is 0.446. The van der Waals surface area contributed by atoms with E-state index in [0.717, 1.165) is 5.92 Å². The Hall–Kier alpha value is -0.340. The summed E-state index contributed by atoms with van der Waals surface area (Å²) in [4.78, 5) is 0. The Morgan fingerprint density at radius 2 is 1.95 bits per heavy atom. The van der Waals surface area contributed by atoms with Gasteiger partial charge in [0.05, 0.1) is 0 Å². The van der Waals surface area contributed by atoms with Gasteiger partial charge in [-0.2, -0.15) is 0 Å². The molecular formula is C17H26BrN. The highest BCUT2D eigenvalue weighted by molar-refractivity contribution is 9.10. The first-order valence-electron chi connectivity index (χ1n) is 7.30. The molecule has 1 aliphatic carbocycles. The minimum atomic E-state index is 0.446. The van der Waals surface area contributed by atoms with Gasteiger partial charge in [-0.1, -0.05) is 42.3 Å². The highest BCUT2D eigenvalue weighted by Crippen LogP contribution is 2.49. The Kier molecular flexibility index (Phi) is 4.42. The Labute approximate surface area is 126 Å². The van der Waals surface area contributed by atoms with Crippen LogP contribution in [-0.4, -0.2) is 7.05 Å². The lowest BCUT2D eigenvalue weighted by molar-refractivity contribution is 0.203. The molecule has 0 heterocycles. The number of benzene rings is 1. The SMILES string of the molecule is CNC(c1cc(C)c(Br)cc1C)C1CCCC1(C)C. The average Bonchev–Trinajstić information content (AvgIpc) is 2.67. The number of rotatable bonds is 3. The third-order valence-electron chi connectivity index (χ3n) is 4.94. The summed E-state index contributed by atoms with van der Waals surface area (Å²) in [5.74, 6) is 0.733. The molecular weight excluding hydrogens is 298 g/mol. The fraction of sp³-hybridized carbons (Fsp3) is 0.647. The highest BCUT2D eigenvalue weighted by Gasteiger charge is 2.39. The van der Waals surface area contributed by atoms with Crippen molar-refractivity contribution in [3.8, 4) is 0 Å². The van der Waals surface area contributed by atoms with Crippen molar-refractivity contribution in [3.63, 3.8) is 0 Å². The summed E-state index contributed by atoms with van der Waals surface area (Å²) >= 11 is 3.64. The van der Waals surface area contributed by atoms with Gasteiger partial charge in [0.15, 0.2) is 0 Å². The molecule has 2 unspecified atom stereocenters. The molecule has 1 fully saturated rings. The summed E-state index contributed by atoms with van der Waals surface area (Å²) in [6, 6.07) is 5.09. The molecule has 0 spiro atoms. The van der Waals surface area contributed by atoms with Crippen molar-refractivity contribution in [3.05, 3.63) is 33.3 Å². The Morgan fingerprint density at radius 3 is 2.47 bits per heavy atom. The molecule has 19 heavy (non-hydrogen) atoms. The second-order valence-electron chi connectivity index (χ2n) is 6.71. The predicted octanol–water partition coefficient (Wildman–Crippen LogP) is 5.15. The van der Waals surface area contributed by atoms with Crippen LogP contribution in [0.5, 0.6) is 0 Å². The summed E-state index contributed by atoms with van der Waals surface area (Å²) in [6.45, 7) is 9.26. The Morgan fingerprint density at radius 1 is 1.26 bits per heavy atom. The summed E-state index contributed by atoms with van der Waals surface area (Å²) in [7, 11) is 2.11. The van der Waals surface area contributed by atoms with Crippen molar-refractivity contribution >= 4 is 15.9 Å². The molecule has 0 radical (unpaired) electrons. The number of hydrogen-bond donors (Lipinski definition) is 1. The van der Waals surface area contributed by atoms with Crippen molar-refractivity contribution in [1.29, 1.82) is 0 Å². The first kappa shape index (κ1) is 15.1. The second-order valence-corrected chi connectivity index (χ2v) is 7.57. The van der Waals surface area contributed by atoms with Gasteiger partial charge in [0.25, 0.3) is 0 Å². The largest absolute Gasteiger partial charge is 0.313 e. The van der Waals surface area contributed by atoms with Crippen molar-refractivity contribution in [1.82, 2.24) is 5.32 Å². The molecule has 1 N–H and O–H groups in total. The lowest BCUT2D eigenvalue weighted by Gasteiger charge is -2.35. The number of aryl methyl sites for hydroxylation is 2. The van der Waals surface area contributed by atoms with Crippen LogP contribution in [0.3, 0.4) is 0 Å². The van der Waals surface area contributed by atoms with E-state index in [-0.39, 0.29) is 0 Å². The molecule has 1 saturated carbocycles. The monoisotopic (exact) mass is 323 g/mol. The van der Waals surface area contributed by atoms with Gasteiger partial charge in [0.1, 0.15) is 0 Å². The van der Waals surface area contributed by atoms with Crippen LogP contribution < -0.4 is 5.32 Å². The van der Waals surface area contributed by atoms with Crippen molar-refractivity contribution in [2.75, 3.05) is 7.05 Å². The molecule has 0 bridgehead atoms. The van der Waals surface area contributed by atoms with E-state index in [2.05, 4.69) is 68.1 Å². The Balaban J connectivity index is 2.40. The fourth-order valence-electron chi connectivity index (χ4n) is 3.68.